The minimum absolute atomic E-state index is 0.220. The molecule has 1 saturated heterocycles. The van der Waals surface area contributed by atoms with E-state index in [1.807, 2.05) is 43.3 Å². The van der Waals surface area contributed by atoms with Crippen molar-refractivity contribution in [1.82, 2.24) is 4.90 Å². The second-order valence-corrected chi connectivity index (χ2v) is 6.57. The summed E-state index contributed by atoms with van der Waals surface area (Å²) < 4.78 is 24.2. The molecule has 3 rings (SSSR count). The second-order valence-electron chi connectivity index (χ2n) is 6.57. The summed E-state index contributed by atoms with van der Waals surface area (Å²) in [6.07, 6.45) is 1.52. The number of β-amino-alcohol motifs (C(OH)–C–C–N with tert-alkyl or cyclic N) is 1. The van der Waals surface area contributed by atoms with Crippen LogP contribution in [0.3, 0.4) is 0 Å². The highest BCUT2D eigenvalue weighted by Gasteiger charge is 2.27. The van der Waals surface area contributed by atoms with Gasteiger partial charge in [-0.3, -0.25) is 4.90 Å². The van der Waals surface area contributed by atoms with Gasteiger partial charge in [0.15, 0.2) is 0 Å². The molecule has 0 spiro atoms. The Bertz CT molecular complexity index is 675. The van der Waals surface area contributed by atoms with Gasteiger partial charge in [0.25, 0.3) is 0 Å². The largest absolute Gasteiger partial charge is 0.494 e. The molecule has 0 aromatic heterocycles. The van der Waals surface area contributed by atoms with Crippen LogP contribution < -0.4 is 9.47 Å². The normalized spacial score (nSPS) is 18.7. The first-order valence-electron chi connectivity index (χ1n) is 9.19. The second kappa shape index (κ2) is 9.01. The SMILES string of the molecule is CCOc1ccc(OCC(O)CN2CCCC2c2ccc(F)cc2)cc1. The van der Waals surface area contributed by atoms with Crippen LogP contribution in [0.1, 0.15) is 31.4 Å². The highest BCUT2D eigenvalue weighted by Crippen LogP contribution is 2.32. The Labute approximate surface area is 154 Å². The van der Waals surface area contributed by atoms with Crippen LogP contribution in [0.4, 0.5) is 4.39 Å². The number of aliphatic hydroxyl groups excluding tert-OH is 1. The molecule has 26 heavy (non-hydrogen) atoms. The van der Waals surface area contributed by atoms with Crippen LogP contribution in [0, 0.1) is 5.82 Å². The van der Waals surface area contributed by atoms with Gasteiger partial charge in [-0.15, -0.1) is 0 Å². The average molecular weight is 359 g/mol. The lowest BCUT2D eigenvalue weighted by atomic mass is 10.0. The number of hydrogen-bond donors (Lipinski definition) is 1. The lowest BCUT2D eigenvalue weighted by Crippen LogP contribution is -2.35. The zero-order valence-electron chi connectivity index (χ0n) is 15.1. The van der Waals surface area contributed by atoms with E-state index in [2.05, 4.69) is 4.90 Å². The van der Waals surface area contributed by atoms with Crippen LogP contribution in [0.5, 0.6) is 11.5 Å². The molecule has 1 fully saturated rings. The fourth-order valence-corrected chi connectivity index (χ4v) is 3.42. The molecule has 5 heteroatoms. The average Bonchev–Trinajstić information content (AvgIpc) is 3.10. The number of aliphatic hydroxyl groups is 1. The van der Waals surface area contributed by atoms with Crippen molar-refractivity contribution in [2.75, 3.05) is 26.3 Å². The molecule has 0 bridgehead atoms. The summed E-state index contributed by atoms with van der Waals surface area (Å²) in [5.41, 5.74) is 1.10. The summed E-state index contributed by atoms with van der Waals surface area (Å²) in [4.78, 5) is 2.25. The first-order chi connectivity index (χ1) is 12.7. The molecule has 2 atom stereocenters. The molecule has 0 saturated carbocycles. The quantitative estimate of drug-likeness (QED) is 0.778. The number of halogens is 1. The van der Waals surface area contributed by atoms with Crippen molar-refractivity contribution < 1.29 is 19.0 Å². The third kappa shape index (κ3) is 4.96. The third-order valence-corrected chi connectivity index (χ3v) is 4.64. The van der Waals surface area contributed by atoms with Gasteiger partial charge < -0.3 is 14.6 Å². The summed E-state index contributed by atoms with van der Waals surface area (Å²) in [6, 6.07) is 14.3. The van der Waals surface area contributed by atoms with Gasteiger partial charge in [0, 0.05) is 12.6 Å². The summed E-state index contributed by atoms with van der Waals surface area (Å²) in [6.45, 7) is 4.28. The maximum atomic E-state index is 13.1. The monoisotopic (exact) mass is 359 g/mol. The maximum absolute atomic E-state index is 13.1. The Balaban J connectivity index is 1.50. The van der Waals surface area contributed by atoms with Gasteiger partial charge in [-0.1, -0.05) is 12.1 Å². The molecule has 4 nitrogen and oxygen atoms in total. The molecule has 0 aliphatic carbocycles. The molecule has 2 aromatic carbocycles. The number of nitrogens with zero attached hydrogens (tertiary/aromatic N) is 1. The van der Waals surface area contributed by atoms with E-state index in [4.69, 9.17) is 9.47 Å². The van der Waals surface area contributed by atoms with Crippen molar-refractivity contribution in [3.05, 3.63) is 59.9 Å². The van der Waals surface area contributed by atoms with Crippen LogP contribution in [0.15, 0.2) is 48.5 Å². The Kier molecular flexibility index (Phi) is 6.47. The lowest BCUT2D eigenvalue weighted by molar-refractivity contribution is 0.0638. The number of rotatable bonds is 8. The molecule has 1 aliphatic rings. The van der Waals surface area contributed by atoms with Crippen molar-refractivity contribution >= 4 is 0 Å². The summed E-state index contributed by atoms with van der Waals surface area (Å²) >= 11 is 0. The van der Waals surface area contributed by atoms with Gasteiger partial charge in [0.1, 0.15) is 30.0 Å². The van der Waals surface area contributed by atoms with E-state index in [9.17, 15) is 9.50 Å². The van der Waals surface area contributed by atoms with Crippen molar-refractivity contribution in [1.29, 1.82) is 0 Å². The Morgan fingerprint density at radius 2 is 1.73 bits per heavy atom. The van der Waals surface area contributed by atoms with Gasteiger partial charge in [-0.2, -0.15) is 0 Å². The number of ether oxygens (including phenoxy) is 2. The summed E-state index contributed by atoms with van der Waals surface area (Å²) in [5, 5.41) is 10.4. The Morgan fingerprint density at radius 1 is 1.08 bits per heavy atom. The Morgan fingerprint density at radius 3 is 2.38 bits per heavy atom. The highest BCUT2D eigenvalue weighted by atomic mass is 19.1. The van der Waals surface area contributed by atoms with Crippen LogP contribution in [-0.2, 0) is 0 Å². The lowest BCUT2D eigenvalue weighted by Gasteiger charge is -2.27. The molecule has 140 valence electrons. The van der Waals surface area contributed by atoms with Crippen LogP contribution in [-0.4, -0.2) is 42.4 Å². The van der Waals surface area contributed by atoms with E-state index < -0.39 is 6.10 Å². The number of hydrogen-bond acceptors (Lipinski definition) is 4. The minimum Gasteiger partial charge on any atom is -0.494 e. The van der Waals surface area contributed by atoms with Gasteiger partial charge >= 0.3 is 0 Å². The predicted octanol–water partition coefficient (Wildman–Crippen LogP) is 3.80. The third-order valence-electron chi connectivity index (χ3n) is 4.64. The zero-order valence-corrected chi connectivity index (χ0v) is 15.1. The minimum atomic E-state index is -0.581. The topological polar surface area (TPSA) is 41.9 Å². The van der Waals surface area contributed by atoms with E-state index in [1.165, 1.54) is 12.1 Å². The summed E-state index contributed by atoms with van der Waals surface area (Å²) in [7, 11) is 0. The molecule has 1 aliphatic heterocycles. The standard InChI is InChI=1S/C21H26FNO3/c1-2-25-19-9-11-20(12-10-19)26-15-18(24)14-23-13-3-4-21(23)16-5-7-17(22)8-6-16/h5-12,18,21,24H,2-4,13-15H2,1H3. The molecule has 2 unspecified atom stereocenters. The van der Waals surface area contributed by atoms with Crippen LogP contribution >= 0.6 is 0 Å². The van der Waals surface area contributed by atoms with E-state index in [0.717, 1.165) is 30.7 Å². The fourth-order valence-electron chi connectivity index (χ4n) is 3.42. The molecule has 1 heterocycles. The van der Waals surface area contributed by atoms with E-state index in [-0.39, 0.29) is 18.5 Å². The first-order valence-corrected chi connectivity index (χ1v) is 9.19. The maximum Gasteiger partial charge on any atom is 0.123 e. The van der Waals surface area contributed by atoms with Crippen molar-refractivity contribution in [2.24, 2.45) is 0 Å². The Hall–Kier alpha value is -2.11. The van der Waals surface area contributed by atoms with Crippen LogP contribution in [0.25, 0.3) is 0 Å². The van der Waals surface area contributed by atoms with E-state index in [1.54, 1.807) is 0 Å². The fraction of sp³-hybridized carbons (Fsp3) is 0.429. The molecule has 0 radical (unpaired) electrons. The van der Waals surface area contributed by atoms with Crippen molar-refractivity contribution in [3.8, 4) is 11.5 Å². The molecule has 2 aromatic rings. The van der Waals surface area contributed by atoms with Crippen molar-refractivity contribution in [3.63, 3.8) is 0 Å². The van der Waals surface area contributed by atoms with Gasteiger partial charge in [-0.25, -0.2) is 4.39 Å². The zero-order chi connectivity index (χ0) is 18.4. The van der Waals surface area contributed by atoms with E-state index in [0.29, 0.717) is 18.9 Å². The molecule has 1 N–H and O–H groups in total. The smallest absolute Gasteiger partial charge is 0.123 e. The number of benzene rings is 2. The molecular weight excluding hydrogens is 333 g/mol. The summed E-state index contributed by atoms with van der Waals surface area (Å²) in [5.74, 6) is 1.30. The predicted molar refractivity (Wildman–Crippen MR) is 99.1 cm³/mol. The van der Waals surface area contributed by atoms with Gasteiger partial charge in [0.05, 0.1) is 6.61 Å². The molecular formula is C21H26FNO3. The number of likely N-dealkylation sites (tertiary alicyclic amines) is 1. The van der Waals surface area contributed by atoms with Crippen molar-refractivity contribution in [2.45, 2.75) is 31.9 Å². The first kappa shape index (κ1) is 18.7. The van der Waals surface area contributed by atoms with Crippen LogP contribution in [0.2, 0.25) is 0 Å². The van der Waals surface area contributed by atoms with Gasteiger partial charge in [0.2, 0.25) is 0 Å². The van der Waals surface area contributed by atoms with Gasteiger partial charge in [-0.05, 0) is 68.3 Å². The highest BCUT2D eigenvalue weighted by molar-refractivity contribution is 5.31. The molecule has 0 amide bonds. The van der Waals surface area contributed by atoms with E-state index >= 15 is 0 Å².